The van der Waals surface area contributed by atoms with Crippen LogP contribution in [-0.2, 0) is 9.53 Å². The fraction of sp³-hybridized carbons (Fsp3) is 0.538. The second kappa shape index (κ2) is 5.41. The number of aliphatic hydroxyl groups excluding tert-OH is 1. The molecular formula is C13H17N5O4. The number of nitrogens with one attached hydrogen (secondary N) is 1. The van der Waals surface area contributed by atoms with Crippen molar-refractivity contribution in [3.63, 3.8) is 0 Å². The number of aliphatic hydroxyl groups is 1. The van der Waals surface area contributed by atoms with Crippen LogP contribution in [0.2, 0.25) is 0 Å². The van der Waals surface area contributed by atoms with Crippen LogP contribution in [0.25, 0.3) is 11.2 Å². The summed E-state index contributed by atoms with van der Waals surface area (Å²) in [6.45, 7) is 1.58. The molecule has 3 unspecified atom stereocenters. The third-order valence-electron chi connectivity index (χ3n) is 4.16. The van der Waals surface area contributed by atoms with Crippen LogP contribution in [-0.4, -0.2) is 43.8 Å². The van der Waals surface area contributed by atoms with Crippen LogP contribution in [0.3, 0.4) is 0 Å². The molecule has 3 atom stereocenters. The van der Waals surface area contributed by atoms with Gasteiger partial charge < -0.3 is 20.1 Å². The van der Waals surface area contributed by atoms with Crippen molar-refractivity contribution in [2.75, 3.05) is 18.9 Å². The van der Waals surface area contributed by atoms with Gasteiger partial charge in [0.15, 0.2) is 11.2 Å². The van der Waals surface area contributed by atoms with Gasteiger partial charge in [-0.25, -0.2) is 4.98 Å². The van der Waals surface area contributed by atoms with E-state index in [1.807, 2.05) is 0 Å². The number of esters is 1. The number of aromatic nitrogens is 4. The second-order valence-electron chi connectivity index (χ2n) is 5.49. The predicted octanol–water partition coefficient (Wildman–Crippen LogP) is -0.566. The fourth-order valence-electron chi connectivity index (χ4n) is 2.97. The van der Waals surface area contributed by atoms with E-state index in [0.717, 1.165) is 0 Å². The average molecular weight is 307 g/mol. The van der Waals surface area contributed by atoms with Crippen molar-refractivity contribution >= 4 is 23.1 Å². The van der Waals surface area contributed by atoms with E-state index >= 15 is 0 Å². The molecule has 9 heteroatoms. The van der Waals surface area contributed by atoms with Crippen molar-refractivity contribution in [3.05, 3.63) is 16.7 Å². The maximum absolute atomic E-state index is 11.8. The number of rotatable bonds is 4. The first kappa shape index (κ1) is 14.5. The number of hydrogen-bond donors (Lipinski definition) is 3. The molecule has 2 aromatic heterocycles. The molecule has 0 bridgehead atoms. The normalized spacial score (nSPS) is 24.2. The minimum Gasteiger partial charge on any atom is -0.466 e. The Morgan fingerprint density at radius 3 is 3.09 bits per heavy atom. The summed E-state index contributed by atoms with van der Waals surface area (Å²) in [6.07, 6.45) is 2.24. The third kappa shape index (κ3) is 2.33. The van der Waals surface area contributed by atoms with Gasteiger partial charge in [-0.2, -0.15) is 4.98 Å². The molecule has 9 nitrogen and oxygen atoms in total. The Kier molecular flexibility index (Phi) is 3.57. The zero-order valence-corrected chi connectivity index (χ0v) is 12.0. The lowest BCUT2D eigenvalue weighted by molar-refractivity contribution is -0.146. The van der Waals surface area contributed by atoms with Gasteiger partial charge in [0, 0.05) is 31.4 Å². The second-order valence-corrected chi connectivity index (χ2v) is 5.49. The van der Waals surface area contributed by atoms with Crippen molar-refractivity contribution in [2.45, 2.75) is 19.4 Å². The number of fused-ring (bicyclic) bond motifs is 1. The van der Waals surface area contributed by atoms with E-state index in [4.69, 9.17) is 10.5 Å². The maximum Gasteiger partial charge on any atom is 0.302 e. The quantitative estimate of drug-likeness (QED) is 0.644. The molecule has 1 fully saturated rings. The molecule has 0 saturated heterocycles. The highest BCUT2D eigenvalue weighted by Gasteiger charge is 2.43. The molecule has 1 aliphatic carbocycles. The van der Waals surface area contributed by atoms with Crippen molar-refractivity contribution in [1.29, 1.82) is 0 Å². The van der Waals surface area contributed by atoms with E-state index in [1.165, 1.54) is 13.3 Å². The number of nitrogen functional groups attached to an aromatic ring is 1. The van der Waals surface area contributed by atoms with Crippen LogP contribution < -0.4 is 11.3 Å². The van der Waals surface area contributed by atoms with Gasteiger partial charge in [0.05, 0.1) is 12.9 Å². The summed E-state index contributed by atoms with van der Waals surface area (Å²) in [5.74, 6) is -0.320. The molecule has 2 aromatic rings. The monoisotopic (exact) mass is 307 g/mol. The summed E-state index contributed by atoms with van der Waals surface area (Å²) in [5, 5.41) is 9.58. The van der Waals surface area contributed by atoms with E-state index in [2.05, 4.69) is 15.0 Å². The standard InChI is InChI=1S/C13H17N5O4/c1-6(20)22-4-7-2-9(8(7)3-19)18-5-15-10-11(18)16-13(14)17-12(10)21/h5,7-9,19H,2-4H2,1H3,(H3,14,16,17,21). The molecule has 0 radical (unpaired) electrons. The van der Waals surface area contributed by atoms with Crippen molar-refractivity contribution in [1.82, 2.24) is 19.5 Å². The molecular weight excluding hydrogens is 290 g/mol. The van der Waals surface area contributed by atoms with Gasteiger partial charge >= 0.3 is 5.97 Å². The number of anilines is 1. The Balaban J connectivity index is 1.86. The van der Waals surface area contributed by atoms with E-state index in [1.54, 1.807) is 4.57 Å². The van der Waals surface area contributed by atoms with Crippen LogP contribution in [0.1, 0.15) is 19.4 Å². The maximum atomic E-state index is 11.8. The van der Waals surface area contributed by atoms with Gasteiger partial charge in [0.2, 0.25) is 5.95 Å². The smallest absolute Gasteiger partial charge is 0.302 e. The number of hydrogen-bond acceptors (Lipinski definition) is 7. The molecule has 0 amide bonds. The zero-order chi connectivity index (χ0) is 15.9. The number of nitrogens with two attached hydrogens (primary N) is 1. The summed E-state index contributed by atoms with van der Waals surface area (Å²) in [6, 6.07) is -0.0516. The number of ether oxygens (including phenoxy) is 1. The topological polar surface area (TPSA) is 136 Å². The summed E-state index contributed by atoms with van der Waals surface area (Å²) in [7, 11) is 0. The number of H-pyrrole nitrogens is 1. The molecule has 1 saturated carbocycles. The molecule has 0 aromatic carbocycles. The first-order valence-electron chi connectivity index (χ1n) is 6.97. The Morgan fingerprint density at radius 2 is 2.41 bits per heavy atom. The van der Waals surface area contributed by atoms with Crippen LogP contribution in [0.5, 0.6) is 0 Å². The lowest BCUT2D eigenvalue weighted by Crippen LogP contribution is -2.43. The summed E-state index contributed by atoms with van der Waals surface area (Å²) < 4.78 is 6.76. The number of aromatic amines is 1. The van der Waals surface area contributed by atoms with Crippen molar-refractivity contribution < 1.29 is 14.6 Å². The molecule has 1 aliphatic rings. The van der Waals surface area contributed by atoms with E-state index < -0.39 is 5.56 Å². The molecule has 22 heavy (non-hydrogen) atoms. The van der Waals surface area contributed by atoms with Gasteiger partial charge in [-0.05, 0) is 6.42 Å². The molecule has 0 aliphatic heterocycles. The first-order valence-corrected chi connectivity index (χ1v) is 6.97. The Bertz CT molecular complexity index is 767. The fourth-order valence-corrected chi connectivity index (χ4v) is 2.97. The van der Waals surface area contributed by atoms with Crippen LogP contribution in [0.15, 0.2) is 11.1 Å². The summed E-state index contributed by atoms with van der Waals surface area (Å²) >= 11 is 0. The first-order chi connectivity index (χ1) is 10.5. The van der Waals surface area contributed by atoms with Gasteiger partial charge in [-0.1, -0.05) is 0 Å². The van der Waals surface area contributed by atoms with Crippen LogP contribution in [0, 0.1) is 11.8 Å². The lowest BCUT2D eigenvalue weighted by atomic mass is 9.70. The van der Waals surface area contributed by atoms with Crippen LogP contribution >= 0.6 is 0 Å². The molecule has 2 heterocycles. The largest absolute Gasteiger partial charge is 0.466 e. The SMILES string of the molecule is CC(=O)OCC1CC(n2cnc3c(=O)[nH]c(N)nc32)C1CO. The Labute approximate surface area is 125 Å². The van der Waals surface area contributed by atoms with Gasteiger partial charge in [-0.3, -0.25) is 14.6 Å². The van der Waals surface area contributed by atoms with Gasteiger partial charge in [-0.15, -0.1) is 0 Å². The molecule has 0 spiro atoms. The number of carbonyl (C=O) groups is 1. The number of imidazole rings is 1. The zero-order valence-electron chi connectivity index (χ0n) is 12.0. The highest BCUT2D eigenvalue weighted by atomic mass is 16.5. The van der Waals surface area contributed by atoms with E-state index in [-0.39, 0.29) is 48.5 Å². The third-order valence-corrected chi connectivity index (χ3v) is 4.16. The molecule has 118 valence electrons. The Hall–Kier alpha value is -2.42. The van der Waals surface area contributed by atoms with Crippen molar-refractivity contribution in [2.24, 2.45) is 11.8 Å². The number of carbonyl (C=O) groups excluding carboxylic acids is 1. The molecule has 3 rings (SSSR count). The lowest BCUT2D eigenvalue weighted by Gasteiger charge is -2.44. The van der Waals surface area contributed by atoms with E-state index in [9.17, 15) is 14.7 Å². The number of nitrogens with zero attached hydrogens (tertiary/aromatic N) is 3. The van der Waals surface area contributed by atoms with Gasteiger partial charge in [0.25, 0.3) is 5.56 Å². The van der Waals surface area contributed by atoms with Crippen LogP contribution in [0.4, 0.5) is 5.95 Å². The molecule has 4 N–H and O–H groups in total. The summed E-state index contributed by atoms with van der Waals surface area (Å²) in [5.41, 5.74) is 5.80. The van der Waals surface area contributed by atoms with Crippen molar-refractivity contribution in [3.8, 4) is 0 Å². The minimum absolute atomic E-state index is 0.0237. The van der Waals surface area contributed by atoms with Gasteiger partial charge in [0.1, 0.15) is 0 Å². The minimum atomic E-state index is -0.391. The highest BCUT2D eigenvalue weighted by Crippen LogP contribution is 2.44. The summed E-state index contributed by atoms with van der Waals surface area (Å²) in [4.78, 5) is 33.2. The Morgan fingerprint density at radius 1 is 1.64 bits per heavy atom. The predicted molar refractivity (Wildman–Crippen MR) is 76.9 cm³/mol. The average Bonchev–Trinajstić information content (AvgIpc) is 2.81. The highest BCUT2D eigenvalue weighted by molar-refractivity contribution is 5.70. The van der Waals surface area contributed by atoms with E-state index in [0.29, 0.717) is 12.1 Å².